The molecule has 2 atom stereocenters. The molecule has 0 aromatic heterocycles. The van der Waals surface area contributed by atoms with Gasteiger partial charge in [-0.1, -0.05) is 29.8 Å². The van der Waals surface area contributed by atoms with E-state index in [9.17, 15) is 14.4 Å². The summed E-state index contributed by atoms with van der Waals surface area (Å²) in [5, 5.41) is 5.34. The zero-order valence-electron chi connectivity index (χ0n) is 17.0. The van der Waals surface area contributed by atoms with E-state index in [1.807, 2.05) is 4.90 Å². The van der Waals surface area contributed by atoms with Crippen molar-refractivity contribution in [2.45, 2.75) is 53.0 Å². The molecular formula is C21H30BrN3O3. The number of rotatable bonds is 6. The van der Waals surface area contributed by atoms with Crippen molar-refractivity contribution in [2.24, 2.45) is 11.8 Å². The summed E-state index contributed by atoms with van der Waals surface area (Å²) in [6, 6.07) is 4.56. The molecule has 0 saturated carbocycles. The number of anilines is 1. The molecule has 1 saturated heterocycles. The Morgan fingerprint density at radius 3 is 2.61 bits per heavy atom. The third-order valence-corrected chi connectivity index (χ3v) is 5.39. The fourth-order valence-electron chi connectivity index (χ4n) is 3.69. The maximum Gasteiger partial charge on any atom is 0.256 e. The fourth-order valence-corrected chi connectivity index (χ4v) is 4.05. The average molecular weight is 452 g/mol. The summed E-state index contributed by atoms with van der Waals surface area (Å²) in [6.07, 6.45) is 3.26. The van der Waals surface area contributed by atoms with Gasteiger partial charge in [0.2, 0.25) is 11.8 Å². The highest BCUT2D eigenvalue weighted by Crippen LogP contribution is 2.27. The highest BCUT2D eigenvalue weighted by atomic mass is 79.9. The predicted octanol–water partition coefficient (Wildman–Crippen LogP) is 3.81. The predicted molar refractivity (Wildman–Crippen MR) is 114 cm³/mol. The normalized spacial score (nSPS) is 17.9. The topological polar surface area (TPSA) is 78.5 Å². The molecule has 3 amide bonds. The van der Waals surface area contributed by atoms with Crippen molar-refractivity contribution >= 4 is 39.3 Å². The molecule has 28 heavy (non-hydrogen) atoms. The first-order valence-electron chi connectivity index (χ1n) is 9.84. The van der Waals surface area contributed by atoms with Crippen molar-refractivity contribution in [3.05, 3.63) is 28.2 Å². The summed E-state index contributed by atoms with van der Waals surface area (Å²) in [6.45, 7) is 8.87. The van der Waals surface area contributed by atoms with Crippen molar-refractivity contribution < 1.29 is 14.4 Å². The number of hydrogen-bond donors (Lipinski definition) is 2. The Kier molecular flexibility index (Phi) is 8.04. The first-order chi connectivity index (χ1) is 13.2. The lowest BCUT2D eigenvalue weighted by Crippen LogP contribution is -2.42. The maximum absolute atomic E-state index is 13.2. The van der Waals surface area contributed by atoms with Gasteiger partial charge in [0.1, 0.15) is 6.04 Å². The molecule has 2 unspecified atom stereocenters. The minimum Gasteiger partial charge on any atom is -0.345 e. The highest BCUT2D eigenvalue weighted by molar-refractivity contribution is 9.10. The molecule has 0 spiro atoms. The minimum atomic E-state index is -0.686. The molecule has 2 rings (SSSR count). The summed E-state index contributed by atoms with van der Waals surface area (Å²) >= 11 is 3.42. The number of nitrogens with one attached hydrogen (secondary N) is 2. The number of hydrogen-bond acceptors (Lipinski definition) is 3. The Labute approximate surface area is 175 Å². The zero-order chi connectivity index (χ0) is 20.8. The van der Waals surface area contributed by atoms with Gasteiger partial charge in [0.25, 0.3) is 5.91 Å². The van der Waals surface area contributed by atoms with Crippen LogP contribution in [0.4, 0.5) is 5.69 Å². The van der Waals surface area contributed by atoms with Crippen LogP contribution in [0.5, 0.6) is 0 Å². The lowest BCUT2D eigenvalue weighted by molar-refractivity contribution is -0.124. The second-order valence-corrected chi connectivity index (χ2v) is 8.91. The third kappa shape index (κ3) is 6.33. The molecule has 7 heteroatoms. The molecule has 0 radical (unpaired) electrons. The first kappa shape index (κ1) is 22.4. The Hall–Kier alpha value is -1.89. The molecule has 1 aliphatic rings. The Bertz CT molecular complexity index is 736. The molecule has 1 aliphatic heterocycles. The van der Waals surface area contributed by atoms with Gasteiger partial charge in [-0.2, -0.15) is 0 Å². The van der Waals surface area contributed by atoms with Crippen LogP contribution in [-0.4, -0.2) is 41.8 Å². The van der Waals surface area contributed by atoms with E-state index in [2.05, 4.69) is 40.4 Å². The molecule has 6 nitrogen and oxygen atoms in total. The van der Waals surface area contributed by atoms with Gasteiger partial charge in [-0.3, -0.25) is 14.4 Å². The Morgan fingerprint density at radius 1 is 1.25 bits per heavy atom. The number of benzene rings is 1. The van der Waals surface area contributed by atoms with Gasteiger partial charge < -0.3 is 15.5 Å². The van der Waals surface area contributed by atoms with Crippen molar-refractivity contribution in [1.82, 2.24) is 10.2 Å². The lowest BCUT2D eigenvalue weighted by Gasteiger charge is -2.34. The summed E-state index contributed by atoms with van der Waals surface area (Å²) in [5.41, 5.74) is 0.921. The molecule has 1 aromatic rings. The first-order valence-corrected chi connectivity index (χ1v) is 10.6. The van der Waals surface area contributed by atoms with E-state index < -0.39 is 6.04 Å². The largest absolute Gasteiger partial charge is 0.345 e. The second-order valence-electron chi connectivity index (χ2n) is 7.99. The smallest absolute Gasteiger partial charge is 0.256 e. The van der Waals surface area contributed by atoms with E-state index in [0.29, 0.717) is 23.1 Å². The van der Waals surface area contributed by atoms with E-state index in [4.69, 9.17) is 0 Å². The van der Waals surface area contributed by atoms with Crippen LogP contribution in [0.3, 0.4) is 0 Å². The van der Waals surface area contributed by atoms with Crippen LogP contribution in [0.15, 0.2) is 22.7 Å². The van der Waals surface area contributed by atoms with E-state index in [1.165, 1.54) is 6.92 Å². The van der Waals surface area contributed by atoms with Gasteiger partial charge in [-0.15, -0.1) is 0 Å². The Morgan fingerprint density at radius 2 is 1.96 bits per heavy atom. The molecule has 1 fully saturated rings. The van der Waals surface area contributed by atoms with Crippen LogP contribution >= 0.6 is 15.9 Å². The molecule has 0 bridgehead atoms. The number of piperidine rings is 1. The maximum atomic E-state index is 13.2. The van der Waals surface area contributed by atoms with E-state index >= 15 is 0 Å². The molecule has 1 aromatic carbocycles. The summed E-state index contributed by atoms with van der Waals surface area (Å²) in [5.74, 6) is 0.415. The summed E-state index contributed by atoms with van der Waals surface area (Å²) in [7, 11) is 0. The number of carbonyl (C=O) groups is 3. The van der Waals surface area contributed by atoms with Crippen molar-refractivity contribution in [2.75, 3.05) is 18.4 Å². The van der Waals surface area contributed by atoms with Crippen LogP contribution in [0.1, 0.15) is 57.3 Å². The van der Waals surface area contributed by atoms with Crippen molar-refractivity contribution in [1.29, 1.82) is 0 Å². The van der Waals surface area contributed by atoms with E-state index in [1.54, 1.807) is 25.1 Å². The third-order valence-electron chi connectivity index (χ3n) is 4.89. The number of amides is 3. The number of nitrogens with zero attached hydrogens (tertiary/aromatic N) is 1. The monoisotopic (exact) mass is 451 g/mol. The summed E-state index contributed by atoms with van der Waals surface area (Å²) < 4.78 is 0.777. The Balaban J connectivity index is 2.17. The van der Waals surface area contributed by atoms with Gasteiger partial charge in [-0.25, -0.2) is 0 Å². The van der Waals surface area contributed by atoms with Crippen molar-refractivity contribution in [3.8, 4) is 0 Å². The van der Waals surface area contributed by atoms with Crippen LogP contribution < -0.4 is 10.6 Å². The number of halogens is 1. The van der Waals surface area contributed by atoms with Crippen molar-refractivity contribution in [3.63, 3.8) is 0 Å². The van der Waals surface area contributed by atoms with Crippen LogP contribution in [0.2, 0.25) is 0 Å². The molecule has 0 aliphatic carbocycles. The van der Waals surface area contributed by atoms with E-state index in [0.717, 1.165) is 36.8 Å². The van der Waals surface area contributed by atoms with E-state index in [-0.39, 0.29) is 17.7 Å². The zero-order valence-corrected chi connectivity index (χ0v) is 18.6. The SMILES string of the molecule is CC(=O)NC(C)C(=O)Nc1ccc(Br)cc1C(=O)N1CCCC(CC(C)C)C1. The lowest BCUT2D eigenvalue weighted by atomic mass is 9.89. The second kappa shape index (κ2) is 10.0. The van der Waals surface area contributed by atoms with Gasteiger partial charge >= 0.3 is 0 Å². The molecular weight excluding hydrogens is 422 g/mol. The molecule has 154 valence electrons. The van der Waals surface area contributed by atoms with Crippen LogP contribution in [0, 0.1) is 11.8 Å². The van der Waals surface area contributed by atoms with Crippen LogP contribution in [-0.2, 0) is 9.59 Å². The van der Waals surface area contributed by atoms with Crippen LogP contribution in [0.25, 0.3) is 0 Å². The summed E-state index contributed by atoms with van der Waals surface area (Å²) in [4.78, 5) is 38.7. The molecule has 1 heterocycles. The minimum absolute atomic E-state index is 0.0720. The quantitative estimate of drug-likeness (QED) is 0.689. The van der Waals surface area contributed by atoms with Gasteiger partial charge in [0.05, 0.1) is 11.3 Å². The highest BCUT2D eigenvalue weighted by Gasteiger charge is 2.27. The standard InChI is InChI=1S/C21H30BrN3O3/c1-13(2)10-16-6-5-9-25(12-16)21(28)18-11-17(22)7-8-19(18)24-20(27)14(3)23-15(4)26/h7-8,11,13-14,16H,5-6,9-10,12H2,1-4H3,(H,23,26)(H,24,27). The fraction of sp³-hybridized carbons (Fsp3) is 0.571. The molecule has 2 N–H and O–H groups in total. The number of carbonyl (C=O) groups excluding carboxylic acids is 3. The van der Waals surface area contributed by atoms with Gasteiger partial charge in [-0.05, 0) is 56.2 Å². The van der Waals surface area contributed by atoms with Gasteiger partial charge in [0, 0.05) is 24.5 Å². The number of likely N-dealkylation sites (tertiary alicyclic amines) is 1. The van der Waals surface area contributed by atoms with Gasteiger partial charge in [0.15, 0.2) is 0 Å². The average Bonchev–Trinajstić information content (AvgIpc) is 2.61.